The second kappa shape index (κ2) is 6.03. The van der Waals surface area contributed by atoms with Crippen molar-refractivity contribution in [2.45, 2.75) is 18.2 Å². The zero-order valence-corrected chi connectivity index (χ0v) is 14.2. The van der Waals surface area contributed by atoms with Crippen LogP contribution in [0.2, 0.25) is 0 Å². The van der Waals surface area contributed by atoms with Gasteiger partial charge in [0.15, 0.2) is 0 Å². The molecule has 1 unspecified atom stereocenters. The van der Waals surface area contributed by atoms with E-state index >= 15 is 0 Å². The summed E-state index contributed by atoms with van der Waals surface area (Å²) in [5.74, 6) is -0.959. The van der Waals surface area contributed by atoms with Gasteiger partial charge in [0.2, 0.25) is 10.0 Å². The highest BCUT2D eigenvalue weighted by Gasteiger charge is 2.44. The number of aliphatic carboxylic acids is 1. The van der Waals surface area contributed by atoms with Crippen molar-refractivity contribution in [1.29, 1.82) is 0 Å². The standard InChI is InChI=1S/C18H19NO4S/c1-18(17(20)21)11-12-19(13-18)24(22,23)16-9-7-15(8-10-16)14-5-3-2-4-6-14/h2-10H,11-13H2,1H3,(H,20,21). The van der Waals surface area contributed by atoms with Crippen LogP contribution in [0.25, 0.3) is 11.1 Å². The van der Waals surface area contributed by atoms with E-state index in [1.807, 2.05) is 30.3 Å². The molecule has 1 N–H and O–H groups in total. The van der Waals surface area contributed by atoms with Crippen LogP contribution in [0.5, 0.6) is 0 Å². The van der Waals surface area contributed by atoms with Crippen molar-refractivity contribution < 1.29 is 18.3 Å². The fraction of sp³-hybridized carbons (Fsp3) is 0.278. The highest BCUT2D eigenvalue weighted by Crippen LogP contribution is 2.34. The molecule has 0 radical (unpaired) electrons. The highest BCUT2D eigenvalue weighted by atomic mass is 32.2. The Balaban J connectivity index is 1.85. The number of benzene rings is 2. The Hall–Kier alpha value is -2.18. The molecule has 0 aliphatic carbocycles. The maximum absolute atomic E-state index is 12.7. The Morgan fingerprint density at radius 1 is 1.04 bits per heavy atom. The zero-order chi connectivity index (χ0) is 17.4. The Morgan fingerprint density at radius 2 is 1.62 bits per heavy atom. The number of nitrogens with zero attached hydrogens (tertiary/aromatic N) is 1. The van der Waals surface area contributed by atoms with Crippen molar-refractivity contribution in [2.75, 3.05) is 13.1 Å². The minimum Gasteiger partial charge on any atom is -0.481 e. The van der Waals surface area contributed by atoms with Gasteiger partial charge in [-0.1, -0.05) is 42.5 Å². The quantitative estimate of drug-likeness (QED) is 0.924. The van der Waals surface area contributed by atoms with Gasteiger partial charge in [-0.3, -0.25) is 4.79 Å². The first-order valence-electron chi connectivity index (χ1n) is 7.72. The molecule has 0 amide bonds. The largest absolute Gasteiger partial charge is 0.481 e. The van der Waals surface area contributed by atoms with Crippen LogP contribution in [0.15, 0.2) is 59.5 Å². The molecule has 5 nitrogen and oxygen atoms in total. The maximum atomic E-state index is 12.7. The van der Waals surface area contributed by atoms with Crippen molar-refractivity contribution in [1.82, 2.24) is 4.31 Å². The van der Waals surface area contributed by atoms with Gasteiger partial charge in [-0.05, 0) is 36.6 Å². The Morgan fingerprint density at radius 3 is 2.17 bits per heavy atom. The van der Waals surface area contributed by atoms with Crippen LogP contribution in [0.4, 0.5) is 0 Å². The number of carboxylic acid groups (broad SMARTS) is 1. The third-order valence-corrected chi connectivity index (χ3v) is 6.41. The summed E-state index contributed by atoms with van der Waals surface area (Å²) in [7, 11) is -3.67. The number of rotatable bonds is 4. The van der Waals surface area contributed by atoms with Crippen LogP contribution >= 0.6 is 0 Å². The van der Waals surface area contributed by atoms with Crippen LogP contribution < -0.4 is 0 Å². The second-order valence-corrected chi connectivity index (χ2v) is 8.28. The van der Waals surface area contributed by atoms with Gasteiger partial charge in [0, 0.05) is 13.1 Å². The van der Waals surface area contributed by atoms with Crippen molar-refractivity contribution in [3.05, 3.63) is 54.6 Å². The van der Waals surface area contributed by atoms with E-state index in [0.717, 1.165) is 11.1 Å². The third-order valence-electron chi connectivity index (χ3n) is 4.55. The number of carboxylic acids is 1. The smallest absolute Gasteiger partial charge is 0.310 e. The average Bonchev–Trinajstić information content (AvgIpc) is 3.00. The lowest BCUT2D eigenvalue weighted by Crippen LogP contribution is -2.34. The minimum absolute atomic E-state index is 0.00506. The highest BCUT2D eigenvalue weighted by molar-refractivity contribution is 7.89. The van der Waals surface area contributed by atoms with Gasteiger partial charge in [0.05, 0.1) is 10.3 Å². The second-order valence-electron chi connectivity index (χ2n) is 6.34. The molecule has 126 valence electrons. The first-order chi connectivity index (χ1) is 11.3. The summed E-state index contributed by atoms with van der Waals surface area (Å²) < 4.78 is 26.7. The fourth-order valence-electron chi connectivity index (χ4n) is 2.90. The van der Waals surface area contributed by atoms with Crippen molar-refractivity contribution in [3.8, 4) is 11.1 Å². The fourth-order valence-corrected chi connectivity index (χ4v) is 4.46. The number of sulfonamides is 1. The van der Waals surface area contributed by atoms with E-state index in [0.29, 0.717) is 6.42 Å². The lowest BCUT2D eigenvalue weighted by molar-refractivity contribution is -0.146. The van der Waals surface area contributed by atoms with E-state index in [9.17, 15) is 18.3 Å². The van der Waals surface area contributed by atoms with Gasteiger partial charge < -0.3 is 5.11 Å². The SMILES string of the molecule is CC1(C(=O)O)CCN(S(=O)(=O)c2ccc(-c3ccccc3)cc2)C1. The molecule has 1 aliphatic rings. The maximum Gasteiger partial charge on any atom is 0.310 e. The molecule has 1 aliphatic heterocycles. The molecule has 24 heavy (non-hydrogen) atoms. The van der Waals surface area contributed by atoms with E-state index in [1.54, 1.807) is 31.2 Å². The lowest BCUT2D eigenvalue weighted by atomic mass is 9.90. The van der Waals surface area contributed by atoms with Crippen LogP contribution in [0.3, 0.4) is 0 Å². The summed E-state index contributed by atoms with van der Waals surface area (Å²) in [6, 6.07) is 16.4. The number of hydrogen-bond donors (Lipinski definition) is 1. The normalized spacial score (nSPS) is 21.7. The van der Waals surface area contributed by atoms with Crippen LogP contribution in [-0.2, 0) is 14.8 Å². The Bertz CT molecular complexity index is 846. The number of hydrogen-bond acceptors (Lipinski definition) is 3. The molecule has 0 bridgehead atoms. The van der Waals surface area contributed by atoms with Gasteiger partial charge in [-0.15, -0.1) is 0 Å². The first kappa shape index (κ1) is 16.7. The molecule has 6 heteroatoms. The van der Waals surface area contributed by atoms with Crippen molar-refractivity contribution in [3.63, 3.8) is 0 Å². The summed E-state index contributed by atoms with van der Waals surface area (Å²) in [6.45, 7) is 1.82. The molecular formula is C18H19NO4S. The molecule has 2 aromatic rings. The van der Waals surface area contributed by atoms with Gasteiger partial charge in [-0.2, -0.15) is 4.31 Å². The summed E-state index contributed by atoms with van der Waals surface area (Å²) >= 11 is 0. The summed E-state index contributed by atoms with van der Waals surface area (Å²) in [5, 5.41) is 9.27. The van der Waals surface area contributed by atoms with Crippen LogP contribution in [0.1, 0.15) is 13.3 Å². The number of carbonyl (C=O) groups is 1. The van der Waals surface area contributed by atoms with E-state index in [-0.39, 0.29) is 18.0 Å². The molecule has 1 saturated heterocycles. The lowest BCUT2D eigenvalue weighted by Gasteiger charge is -2.20. The molecule has 3 rings (SSSR count). The van der Waals surface area contributed by atoms with Crippen LogP contribution in [-0.4, -0.2) is 36.9 Å². The van der Waals surface area contributed by atoms with E-state index in [2.05, 4.69) is 0 Å². The van der Waals surface area contributed by atoms with Crippen molar-refractivity contribution in [2.24, 2.45) is 5.41 Å². The van der Waals surface area contributed by atoms with Gasteiger partial charge in [0.1, 0.15) is 0 Å². The van der Waals surface area contributed by atoms with E-state index in [4.69, 9.17) is 0 Å². The van der Waals surface area contributed by atoms with E-state index < -0.39 is 21.4 Å². The van der Waals surface area contributed by atoms with E-state index in [1.165, 1.54) is 4.31 Å². The molecular weight excluding hydrogens is 326 g/mol. The zero-order valence-electron chi connectivity index (χ0n) is 13.3. The molecule has 0 aromatic heterocycles. The topological polar surface area (TPSA) is 74.7 Å². The summed E-state index contributed by atoms with van der Waals surface area (Å²) in [6.07, 6.45) is 0.323. The van der Waals surface area contributed by atoms with Gasteiger partial charge >= 0.3 is 5.97 Å². The summed E-state index contributed by atoms with van der Waals surface area (Å²) in [5.41, 5.74) is 0.934. The molecule has 1 atom stereocenters. The van der Waals surface area contributed by atoms with Gasteiger partial charge in [0.25, 0.3) is 0 Å². The van der Waals surface area contributed by atoms with Crippen molar-refractivity contribution >= 4 is 16.0 Å². The average molecular weight is 345 g/mol. The van der Waals surface area contributed by atoms with Gasteiger partial charge in [-0.25, -0.2) is 8.42 Å². The molecule has 0 saturated carbocycles. The molecule has 1 heterocycles. The first-order valence-corrected chi connectivity index (χ1v) is 9.16. The third kappa shape index (κ3) is 2.95. The Labute approximate surface area is 141 Å². The monoisotopic (exact) mass is 345 g/mol. The summed E-state index contributed by atoms with van der Waals surface area (Å²) in [4.78, 5) is 11.5. The molecule has 1 fully saturated rings. The van der Waals surface area contributed by atoms with Crippen LogP contribution in [0, 0.1) is 5.41 Å². The molecule has 2 aromatic carbocycles. The predicted octanol–water partition coefficient (Wildman–Crippen LogP) is 2.84. The molecule has 0 spiro atoms. The minimum atomic E-state index is -3.67. The Kier molecular flexibility index (Phi) is 4.19. The predicted molar refractivity (Wildman–Crippen MR) is 91.0 cm³/mol.